The molecule has 3 rings (SSSR count). The Hall–Kier alpha value is -1.70. The summed E-state index contributed by atoms with van der Waals surface area (Å²) in [6.45, 7) is 3.72. The smallest absolute Gasteiger partial charge is 0.160 e. The predicted octanol–water partition coefficient (Wildman–Crippen LogP) is 6.10. The number of benzene rings is 1. The van der Waals surface area contributed by atoms with Crippen LogP contribution in [0.3, 0.4) is 0 Å². The molecule has 1 saturated heterocycles. The van der Waals surface area contributed by atoms with Crippen molar-refractivity contribution in [3.63, 3.8) is 0 Å². The van der Waals surface area contributed by atoms with E-state index in [1.165, 1.54) is 25.3 Å². The van der Waals surface area contributed by atoms with Crippen LogP contribution in [0.5, 0.6) is 0 Å². The van der Waals surface area contributed by atoms with E-state index in [0.717, 1.165) is 50.9 Å². The molecule has 0 spiro atoms. The molecule has 1 aliphatic carbocycles. The second-order valence-corrected chi connectivity index (χ2v) is 8.18. The normalized spacial score (nSPS) is 28.3. The zero-order chi connectivity index (χ0) is 19.8. The van der Waals surface area contributed by atoms with Crippen LogP contribution in [0, 0.1) is 29.0 Å². The first kappa shape index (κ1) is 21.0. The lowest BCUT2D eigenvalue weighted by atomic mass is 9.78. The van der Waals surface area contributed by atoms with E-state index in [9.17, 15) is 4.39 Å². The minimum Gasteiger partial charge on any atom is -0.352 e. The summed E-state index contributed by atoms with van der Waals surface area (Å²) in [4.78, 5) is 0. The van der Waals surface area contributed by atoms with Crippen molar-refractivity contribution in [2.45, 2.75) is 70.5 Å². The molecule has 1 aliphatic heterocycles. The van der Waals surface area contributed by atoms with Crippen LogP contribution in [-0.4, -0.2) is 19.5 Å². The van der Waals surface area contributed by atoms with Crippen LogP contribution in [0.15, 0.2) is 30.4 Å². The Morgan fingerprint density at radius 3 is 2.54 bits per heavy atom. The largest absolute Gasteiger partial charge is 0.352 e. The van der Waals surface area contributed by atoms with Crippen molar-refractivity contribution in [1.82, 2.24) is 0 Å². The molecule has 152 valence electrons. The molecule has 1 aromatic carbocycles. The summed E-state index contributed by atoms with van der Waals surface area (Å²) in [6.07, 6.45) is 13.5. The third kappa shape index (κ3) is 5.65. The van der Waals surface area contributed by atoms with E-state index in [1.807, 2.05) is 12.1 Å². The third-order valence-electron chi connectivity index (χ3n) is 6.07. The molecular weight excluding hydrogens is 353 g/mol. The molecule has 2 fully saturated rings. The maximum Gasteiger partial charge on any atom is 0.160 e. The fraction of sp³-hybridized carbons (Fsp3) is 0.625. The highest BCUT2D eigenvalue weighted by Gasteiger charge is 2.32. The van der Waals surface area contributed by atoms with Gasteiger partial charge in [-0.25, -0.2) is 4.39 Å². The molecule has 2 aliphatic rings. The third-order valence-corrected chi connectivity index (χ3v) is 6.07. The number of allylic oxidation sites excluding steroid dienone is 1. The van der Waals surface area contributed by atoms with Gasteiger partial charge in [0.15, 0.2) is 6.29 Å². The summed E-state index contributed by atoms with van der Waals surface area (Å²) >= 11 is 0. The van der Waals surface area contributed by atoms with Gasteiger partial charge in [0.2, 0.25) is 0 Å². The molecule has 4 heteroatoms. The van der Waals surface area contributed by atoms with E-state index >= 15 is 0 Å². The number of hydrogen-bond donors (Lipinski definition) is 0. The van der Waals surface area contributed by atoms with Crippen LogP contribution in [0.1, 0.15) is 75.3 Å². The highest BCUT2D eigenvalue weighted by molar-refractivity contribution is 5.34. The van der Waals surface area contributed by atoms with Gasteiger partial charge in [-0.1, -0.05) is 38.0 Å². The Labute approximate surface area is 168 Å². The lowest BCUT2D eigenvalue weighted by Gasteiger charge is -2.37. The molecule has 0 amide bonds. The van der Waals surface area contributed by atoms with Crippen LogP contribution in [0.25, 0.3) is 0 Å². The first-order valence-corrected chi connectivity index (χ1v) is 10.8. The lowest BCUT2D eigenvalue weighted by molar-refractivity contribution is -0.222. The predicted molar refractivity (Wildman–Crippen MR) is 108 cm³/mol. The van der Waals surface area contributed by atoms with Crippen LogP contribution in [-0.2, 0) is 9.47 Å². The number of rotatable bonds is 7. The highest BCUT2D eigenvalue weighted by atomic mass is 19.1. The maximum atomic E-state index is 13.9. The van der Waals surface area contributed by atoms with E-state index in [0.29, 0.717) is 17.8 Å². The zero-order valence-corrected chi connectivity index (χ0v) is 16.9. The molecule has 0 radical (unpaired) electrons. The van der Waals surface area contributed by atoms with Crippen molar-refractivity contribution in [2.75, 3.05) is 13.2 Å². The topological polar surface area (TPSA) is 42.2 Å². The average molecular weight is 386 g/mol. The van der Waals surface area contributed by atoms with E-state index in [2.05, 4.69) is 19.1 Å². The Morgan fingerprint density at radius 2 is 1.89 bits per heavy atom. The number of nitrogens with zero attached hydrogens (tertiary/aromatic N) is 1. The molecular formula is C24H32FNO2. The molecule has 0 atom stereocenters. The van der Waals surface area contributed by atoms with Gasteiger partial charge in [-0.3, -0.25) is 0 Å². The summed E-state index contributed by atoms with van der Waals surface area (Å²) in [7, 11) is 0. The van der Waals surface area contributed by atoms with Gasteiger partial charge in [-0.05, 0) is 62.1 Å². The molecule has 0 aromatic heterocycles. The summed E-state index contributed by atoms with van der Waals surface area (Å²) in [5.74, 6) is 0.751. The first-order valence-electron chi connectivity index (χ1n) is 10.8. The number of halogens is 1. The van der Waals surface area contributed by atoms with Crippen LogP contribution in [0.4, 0.5) is 4.39 Å². The lowest BCUT2D eigenvalue weighted by Crippen LogP contribution is -2.37. The summed E-state index contributed by atoms with van der Waals surface area (Å²) in [5, 5.41) is 8.88. The summed E-state index contributed by atoms with van der Waals surface area (Å²) < 4.78 is 25.9. The fourth-order valence-corrected chi connectivity index (χ4v) is 4.32. The van der Waals surface area contributed by atoms with Crippen LogP contribution >= 0.6 is 0 Å². The van der Waals surface area contributed by atoms with Crippen LogP contribution in [0.2, 0.25) is 0 Å². The molecule has 1 saturated carbocycles. The minimum atomic E-state index is -0.408. The van der Waals surface area contributed by atoms with Gasteiger partial charge < -0.3 is 9.47 Å². The maximum absolute atomic E-state index is 13.9. The van der Waals surface area contributed by atoms with Crippen LogP contribution < -0.4 is 0 Å². The quantitative estimate of drug-likeness (QED) is 0.421. The Balaban J connectivity index is 1.41. The average Bonchev–Trinajstić information content (AvgIpc) is 2.74. The number of ether oxygens (including phenoxy) is 2. The van der Waals surface area contributed by atoms with Gasteiger partial charge in [-0.2, -0.15) is 5.26 Å². The van der Waals surface area contributed by atoms with Gasteiger partial charge in [0.25, 0.3) is 0 Å². The molecule has 28 heavy (non-hydrogen) atoms. The second kappa shape index (κ2) is 10.7. The minimum absolute atomic E-state index is 0.0941. The molecule has 0 unspecified atom stereocenters. The van der Waals surface area contributed by atoms with Gasteiger partial charge in [0.1, 0.15) is 11.9 Å². The molecule has 1 aromatic rings. The van der Waals surface area contributed by atoms with Gasteiger partial charge in [0, 0.05) is 11.8 Å². The molecule has 0 N–H and O–H groups in total. The standard InChI is InChI=1S/C24H32FNO2/c1-2-3-4-5-6-7-18-16-27-24(28-17-18)20-10-8-19(9-11-20)21-12-13-22(15-26)23(25)14-21/h6-7,12-14,18-20,24H,2-5,8-11,16-17H2,1H3. The fourth-order valence-electron chi connectivity index (χ4n) is 4.32. The first-order chi connectivity index (χ1) is 13.7. The van der Waals surface area contributed by atoms with Gasteiger partial charge >= 0.3 is 0 Å². The van der Waals surface area contributed by atoms with Gasteiger partial charge in [-0.15, -0.1) is 0 Å². The number of hydrogen-bond acceptors (Lipinski definition) is 3. The monoisotopic (exact) mass is 385 g/mol. The summed E-state index contributed by atoms with van der Waals surface area (Å²) in [6, 6.07) is 6.92. The SMILES string of the molecule is CCCCCC=CC1COC(C2CCC(c3ccc(C#N)c(F)c3)CC2)OC1. The van der Waals surface area contributed by atoms with Crippen molar-refractivity contribution in [3.8, 4) is 6.07 Å². The van der Waals surface area contributed by atoms with Gasteiger partial charge in [0.05, 0.1) is 18.8 Å². The van der Waals surface area contributed by atoms with Crippen molar-refractivity contribution in [3.05, 3.63) is 47.3 Å². The molecule has 3 nitrogen and oxygen atoms in total. The van der Waals surface area contributed by atoms with Crippen molar-refractivity contribution in [2.24, 2.45) is 11.8 Å². The molecule has 1 heterocycles. The van der Waals surface area contributed by atoms with Crippen molar-refractivity contribution < 1.29 is 13.9 Å². The van der Waals surface area contributed by atoms with E-state index in [-0.39, 0.29) is 11.9 Å². The Morgan fingerprint density at radius 1 is 1.14 bits per heavy atom. The molecule has 0 bridgehead atoms. The number of nitriles is 1. The Kier molecular flexibility index (Phi) is 8.06. The van der Waals surface area contributed by atoms with Crippen molar-refractivity contribution >= 4 is 0 Å². The zero-order valence-electron chi connectivity index (χ0n) is 16.9. The second-order valence-electron chi connectivity index (χ2n) is 8.18. The highest BCUT2D eigenvalue weighted by Crippen LogP contribution is 2.39. The van der Waals surface area contributed by atoms with E-state index < -0.39 is 5.82 Å². The Bertz CT molecular complexity index is 680. The van der Waals surface area contributed by atoms with Crippen molar-refractivity contribution in [1.29, 1.82) is 5.26 Å². The number of unbranched alkanes of at least 4 members (excludes halogenated alkanes) is 3. The van der Waals surface area contributed by atoms with E-state index in [1.54, 1.807) is 6.07 Å². The summed E-state index contributed by atoms with van der Waals surface area (Å²) in [5.41, 5.74) is 1.13. The van der Waals surface area contributed by atoms with E-state index in [4.69, 9.17) is 14.7 Å².